The minimum Gasteiger partial charge on any atom is -0.478 e. The van der Waals surface area contributed by atoms with Gasteiger partial charge in [-0.3, -0.25) is 4.40 Å². The lowest BCUT2D eigenvalue weighted by atomic mass is 9.93. The monoisotopic (exact) mass is 302 g/mol. The Balaban J connectivity index is 1.82. The van der Waals surface area contributed by atoms with Crippen LogP contribution < -0.4 is 0 Å². The van der Waals surface area contributed by atoms with Crippen molar-refractivity contribution in [3.63, 3.8) is 0 Å². The van der Waals surface area contributed by atoms with E-state index in [-0.39, 0.29) is 5.56 Å². The Hall–Kier alpha value is -1.95. The molecule has 1 unspecified atom stereocenters. The molecule has 118 valence electrons. The molecule has 6 nitrogen and oxygen atoms in total. The third-order valence-corrected chi connectivity index (χ3v) is 4.49. The fourth-order valence-electron chi connectivity index (χ4n) is 3.26. The molecular formula is C16H22N4O2. The largest absolute Gasteiger partial charge is 0.478 e. The second kappa shape index (κ2) is 6.04. The Kier molecular flexibility index (Phi) is 4.11. The lowest BCUT2D eigenvalue weighted by molar-refractivity contribution is 0.0698. The molecule has 0 radical (unpaired) electrons. The molecule has 1 aliphatic heterocycles. The van der Waals surface area contributed by atoms with E-state index in [1.807, 2.05) is 10.6 Å². The van der Waals surface area contributed by atoms with Crippen molar-refractivity contribution in [3.8, 4) is 0 Å². The van der Waals surface area contributed by atoms with E-state index in [2.05, 4.69) is 28.9 Å². The van der Waals surface area contributed by atoms with E-state index >= 15 is 0 Å². The molecule has 1 atom stereocenters. The predicted molar refractivity (Wildman–Crippen MR) is 83.1 cm³/mol. The summed E-state index contributed by atoms with van der Waals surface area (Å²) in [6.07, 6.45) is 5.09. The topological polar surface area (TPSA) is 70.7 Å². The smallest absolute Gasteiger partial charge is 0.339 e. The van der Waals surface area contributed by atoms with Crippen molar-refractivity contribution in [2.75, 3.05) is 13.1 Å². The Bertz CT molecular complexity index is 680. The van der Waals surface area contributed by atoms with Crippen molar-refractivity contribution < 1.29 is 9.90 Å². The van der Waals surface area contributed by atoms with Crippen LogP contribution in [0.5, 0.6) is 0 Å². The first-order valence-electron chi connectivity index (χ1n) is 7.86. The van der Waals surface area contributed by atoms with Crippen molar-refractivity contribution in [2.45, 2.75) is 39.2 Å². The number of pyridine rings is 1. The summed E-state index contributed by atoms with van der Waals surface area (Å²) < 4.78 is 1.82. The third kappa shape index (κ3) is 2.83. The molecule has 0 saturated carbocycles. The molecule has 3 heterocycles. The van der Waals surface area contributed by atoms with Crippen molar-refractivity contribution in [1.82, 2.24) is 19.5 Å². The number of rotatable bonds is 4. The van der Waals surface area contributed by atoms with Gasteiger partial charge in [-0.15, -0.1) is 10.2 Å². The Morgan fingerprint density at radius 1 is 1.45 bits per heavy atom. The Morgan fingerprint density at radius 2 is 2.27 bits per heavy atom. The highest BCUT2D eigenvalue weighted by atomic mass is 16.4. The maximum Gasteiger partial charge on any atom is 0.339 e. The van der Waals surface area contributed by atoms with Crippen LogP contribution in [0.1, 0.15) is 42.9 Å². The molecular weight excluding hydrogens is 280 g/mol. The lowest BCUT2D eigenvalue weighted by Gasteiger charge is -2.35. The molecule has 1 aliphatic rings. The molecule has 1 N–H and O–H groups in total. The van der Waals surface area contributed by atoms with E-state index < -0.39 is 5.97 Å². The van der Waals surface area contributed by atoms with Crippen LogP contribution in [0.25, 0.3) is 5.65 Å². The molecule has 0 amide bonds. The Labute approximate surface area is 129 Å². The van der Waals surface area contributed by atoms with Gasteiger partial charge in [0.15, 0.2) is 5.65 Å². The summed E-state index contributed by atoms with van der Waals surface area (Å²) in [6.45, 7) is 6.70. The molecule has 0 bridgehead atoms. The molecule has 22 heavy (non-hydrogen) atoms. The first-order chi connectivity index (χ1) is 10.6. The predicted octanol–water partition coefficient (Wildman–Crippen LogP) is 2.09. The fourth-order valence-corrected chi connectivity index (χ4v) is 3.26. The van der Waals surface area contributed by atoms with E-state index in [1.165, 1.54) is 12.8 Å². The van der Waals surface area contributed by atoms with Crippen LogP contribution in [0.3, 0.4) is 0 Å². The highest BCUT2D eigenvalue weighted by Gasteiger charge is 2.24. The number of piperidine rings is 1. The van der Waals surface area contributed by atoms with Crippen LogP contribution in [-0.2, 0) is 6.42 Å². The summed E-state index contributed by atoms with van der Waals surface area (Å²) in [6, 6.07) is 3.87. The lowest BCUT2D eigenvalue weighted by Crippen LogP contribution is -2.40. The number of aromatic carboxylic acids is 1. The average molecular weight is 302 g/mol. The molecule has 0 aromatic carbocycles. The summed E-state index contributed by atoms with van der Waals surface area (Å²) in [4.78, 5) is 13.7. The quantitative estimate of drug-likeness (QED) is 0.936. The molecule has 0 aliphatic carbocycles. The maximum atomic E-state index is 11.2. The van der Waals surface area contributed by atoms with Gasteiger partial charge in [-0.25, -0.2) is 4.79 Å². The zero-order valence-corrected chi connectivity index (χ0v) is 13.1. The number of fused-ring (bicyclic) bond motifs is 1. The van der Waals surface area contributed by atoms with Crippen LogP contribution in [0, 0.1) is 5.92 Å². The Morgan fingerprint density at radius 3 is 3.00 bits per heavy atom. The van der Waals surface area contributed by atoms with Gasteiger partial charge >= 0.3 is 5.97 Å². The zero-order chi connectivity index (χ0) is 15.7. The molecule has 3 rings (SSSR count). The standard InChI is InChI=1S/C16H22N4O2/c1-11(2)19-7-3-5-12(10-19)9-14-17-18-15-13(16(21)22)6-4-8-20(14)15/h4,6,8,11-12H,3,5,7,9-10H2,1-2H3,(H,21,22). The number of carboxylic acid groups (broad SMARTS) is 1. The molecule has 2 aromatic rings. The van der Waals surface area contributed by atoms with Crippen LogP contribution in [0.4, 0.5) is 0 Å². The van der Waals surface area contributed by atoms with Crippen LogP contribution in [-0.4, -0.2) is 49.7 Å². The van der Waals surface area contributed by atoms with E-state index in [1.54, 1.807) is 12.1 Å². The molecule has 0 spiro atoms. The van der Waals surface area contributed by atoms with E-state index in [9.17, 15) is 9.90 Å². The summed E-state index contributed by atoms with van der Waals surface area (Å²) in [5, 5.41) is 17.5. The highest BCUT2D eigenvalue weighted by Crippen LogP contribution is 2.22. The van der Waals surface area contributed by atoms with Crippen molar-refractivity contribution >= 4 is 11.6 Å². The number of aromatic nitrogens is 3. The van der Waals surface area contributed by atoms with Gasteiger partial charge in [0, 0.05) is 25.2 Å². The second-order valence-corrected chi connectivity index (χ2v) is 6.34. The number of likely N-dealkylation sites (tertiary alicyclic amines) is 1. The first-order valence-corrected chi connectivity index (χ1v) is 7.86. The number of hydrogen-bond acceptors (Lipinski definition) is 4. The minimum atomic E-state index is -0.965. The van der Waals surface area contributed by atoms with Crippen LogP contribution in [0.15, 0.2) is 18.3 Å². The molecule has 6 heteroatoms. The van der Waals surface area contributed by atoms with Gasteiger partial charge in [0.05, 0.1) is 0 Å². The molecule has 2 aromatic heterocycles. The van der Waals surface area contributed by atoms with Crippen LogP contribution >= 0.6 is 0 Å². The SMILES string of the molecule is CC(C)N1CCCC(Cc2nnc3c(C(=O)O)cccn23)C1. The number of carbonyl (C=O) groups is 1. The van der Waals surface area contributed by atoms with Crippen molar-refractivity contribution in [3.05, 3.63) is 29.7 Å². The van der Waals surface area contributed by atoms with Gasteiger partial charge in [0.2, 0.25) is 0 Å². The molecule has 1 saturated heterocycles. The van der Waals surface area contributed by atoms with Gasteiger partial charge in [-0.2, -0.15) is 0 Å². The zero-order valence-electron chi connectivity index (χ0n) is 13.1. The van der Waals surface area contributed by atoms with Gasteiger partial charge < -0.3 is 10.0 Å². The summed E-state index contributed by atoms with van der Waals surface area (Å²) in [5.41, 5.74) is 0.634. The minimum absolute atomic E-state index is 0.203. The van der Waals surface area contributed by atoms with Crippen molar-refractivity contribution in [2.24, 2.45) is 5.92 Å². The fraction of sp³-hybridized carbons (Fsp3) is 0.562. The van der Waals surface area contributed by atoms with Gasteiger partial charge in [0.1, 0.15) is 11.4 Å². The second-order valence-electron chi connectivity index (χ2n) is 6.34. The summed E-state index contributed by atoms with van der Waals surface area (Å²) in [7, 11) is 0. The maximum absolute atomic E-state index is 11.2. The molecule has 1 fully saturated rings. The van der Waals surface area contributed by atoms with E-state index in [4.69, 9.17) is 0 Å². The van der Waals surface area contributed by atoms with E-state index in [0.717, 1.165) is 25.3 Å². The van der Waals surface area contributed by atoms with Gasteiger partial charge in [-0.05, 0) is 51.3 Å². The van der Waals surface area contributed by atoms with Crippen molar-refractivity contribution in [1.29, 1.82) is 0 Å². The third-order valence-electron chi connectivity index (χ3n) is 4.49. The highest BCUT2D eigenvalue weighted by molar-refractivity contribution is 5.94. The number of carboxylic acids is 1. The first kappa shape index (κ1) is 15.0. The number of hydrogen-bond donors (Lipinski definition) is 1. The number of nitrogens with zero attached hydrogens (tertiary/aromatic N) is 4. The van der Waals surface area contributed by atoms with Gasteiger partial charge in [-0.1, -0.05) is 0 Å². The van der Waals surface area contributed by atoms with Gasteiger partial charge in [0.25, 0.3) is 0 Å². The van der Waals surface area contributed by atoms with Crippen LogP contribution in [0.2, 0.25) is 0 Å². The summed E-state index contributed by atoms with van der Waals surface area (Å²) >= 11 is 0. The average Bonchev–Trinajstić information content (AvgIpc) is 2.90. The van der Waals surface area contributed by atoms with E-state index in [0.29, 0.717) is 17.6 Å². The summed E-state index contributed by atoms with van der Waals surface area (Å²) in [5.74, 6) is 0.443. The normalized spacial score (nSPS) is 19.9.